The average Bonchev–Trinajstić information content (AvgIpc) is 3.07. The lowest BCUT2D eigenvalue weighted by Gasteiger charge is -2.05. The molecule has 0 aliphatic rings. The third-order valence-corrected chi connectivity index (χ3v) is 4.02. The van der Waals surface area contributed by atoms with Crippen LogP contribution in [-0.2, 0) is 10.0 Å². The maximum Gasteiger partial charge on any atom is 0.295 e. The van der Waals surface area contributed by atoms with Gasteiger partial charge in [0.2, 0.25) is 0 Å². The number of halogens is 1. The molecule has 1 N–H and O–H groups in total. The molecule has 9 heteroatoms. The Balaban J connectivity index is 1.88. The van der Waals surface area contributed by atoms with Crippen LogP contribution in [-0.4, -0.2) is 18.6 Å². The number of anilines is 1. The number of benzene rings is 1. The molecule has 0 atom stereocenters. The number of sulfonamides is 1. The summed E-state index contributed by atoms with van der Waals surface area (Å²) in [5.41, 5.74) is 0.477. The van der Waals surface area contributed by atoms with Crippen molar-refractivity contribution in [3.05, 3.63) is 48.0 Å². The number of hydrogen-bond donors (Lipinski definition) is 1. The molecule has 0 unspecified atom stereocenters. The van der Waals surface area contributed by atoms with Gasteiger partial charge in [-0.2, -0.15) is 4.98 Å². The molecule has 114 valence electrons. The zero-order chi connectivity index (χ0) is 15.7. The van der Waals surface area contributed by atoms with Gasteiger partial charge in [-0.25, -0.2) is 17.5 Å². The second-order valence-corrected chi connectivity index (χ2v) is 6.15. The van der Waals surface area contributed by atoms with Gasteiger partial charge in [0.1, 0.15) is 5.82 Å². The second-order valence-electron chi connectivity index (χ2n) is 4.47. The standard InChI is InChI=1S/C13H10FN3O4S/c1-8-5-9(14)7-10(6-8)22(18,19)17-13-15-12(21-16-13)11-3-2-4-20-11/h2-7H,1H3,(H,16,17). The normalized spacial score (nSPS) is 11.5. The van der Waals surface area contributed by atoms with Gasteiger partial charge in [-0.05, 0) is 48.0 Å². The van der Waals surface area contributed by atoms with Crippen LogP contribution in [0.3, 0.4) is 0 Å². The molecule has 7 nitrogen and oxygen atoms in total. The van der Waals surface area contributed by atoms with Crippen LogP contribution in [0.2, 0.25) is 0 Å². The van der Waals surface area contributed by atoms with Crippen molar-refractivity contribution in [2.24, 2.45) is 0 Å². The van der Waals surface area contributed by atoms with Gasteiger partial charge in [0.15, 0.2) is 5.76 Å². The Morgan fingerprint density at radius 2 is 2.09 bits per heavy atom. The number of aryl methyl sites for hydroxylation is 1. The van der Waals surface area contributed by atoms with Crippen molar-refractivity contribution in [2.75, 3.05) is 4.72 Å². The highest BCUT2D eigenvalue weighted by Gasteiger charge is 2.20. The molecule has 0 radical (unpaired) electrons. The molecule has 3 aromatic rings. The Morgan fingerprint density at radius 3 is 2.77 bits per heavy atom. The van der Waals surface area contributed by atoms with Crippen molar-refractivity contribution in [1.29, 1.82) is 0 Å². The number of nitrogens with zero attached hydrogens (tertiary/aromatic N) is 2. The lowest BCUT2D eigenvalue weighted by Crippen LogP contribution is -2.14. The van der Waals surface area contributed by atoms with Crippen molar-refractivity contribution >= 4 is 16.0 Å². The number of hydrogen-bond acceptors (Lipinski definition) is 6. The van der Waals surface area contributed by atoms with Crippen LogP contribution in [0.4, 0.5) is 10.3 Å². The van der Waals surface area contributed by atoms with Gasteiger partial charge >= 0.3 is 0 Å². The van der Waals surface area contributed by atoms with E-state index in [9.17, 15) is 12.8 Å². The number of nitrogens with one attached hydrogen (secondary N) is 1. The highest BCUT2D eigenvalue weighted by Crippen LogP contribution is 2.21. The monoisotopic (exact) mass is 323 g/mol. The van der Waals surface area contributed by atoms with Crippen LogP contribution >= 0.6 is 0 Å². The van der Waals surface area contributed by atoms with Gasteiger partial charge in [-0.3, -0.25) is 0 Å². The first-order valence-corrected chi connectivity index (χ1v) is 7.60. The van der Waals surface area contributed by atoms with Crippen molar-refractivity contribution in [3.63, 3.8) is 0 Å². The lowest BCUT2D eigenvalue weighted by atomic mass is 10.2. The molecular weight excluding hydrogens is 313 g/mol. The quantitative estimate of drug-likeness (QED) is 0.792. The van der Waals surface area contributed by atoms with Crippen molar-refractivity contribution in [2.45, 2.75) is 11.8 Å². The molecule has 0 saturated heterocycles. The number of rotatable bonds is 4. The maximum atomic E-state index is 13.3. The Morgan fingerprint density at radius 1 is 1.27 bits per heavy atom. The lowest BCUT2D eigenvalue weighted by molar-refractivity contribution is 0.417. The van der Waals surface area contributed by atoms with Crippen molar-refractivity contribution in [1.82, 2.24) is 10.1 Å². The van der Waals surface area contributed by atoms with E-state index in [1.165, 1.54) is 18.4 Å². The van der Waals surface area contributed by atoms with Gasteiger partial charge in [-0.15, -0.1) is 0 Å². The van der Waals surface area contributed by atoms with E-state index in [2.05, 4.69) is 14.9 Å². The van der Waals surface area contributed by atoms with Gasteiger partial charge in [0, 0.05) is 0 Å². The fraction of sp³-hybridized carbons (Fsp3) is 0.0769. The fourth-order valence-corrected chi connectivity index (χ4v) is 2.85. The Kier molecular flexibility index (Phi) is 3.41. The molecule has 0 amide bonds. The molecule has 3 rings (SSSR count). The van der Waals surface area contributed by atoms with E-state index in [0.29, 0.717) is 11.3 Å². The van der Waals surface area contributed by atoms with Crippen LogP contribution < -0.4 is 4.72 Å². The zero-order valence-corrected chi connectivity index (χ0v) is 12.1. The molecule has 2 aromatic heterocycles. The summed E-state index contributed by atoms with van der Waals surface area (Å²) >= 11 is 0. The number of furan rings is 1. The summed E-state index contributed by atoms with van der Waals surface area (Å²) in [6.45, 7) is 1.59. The van der Waals surface area contributed by atoms with Crippen molar-refractivity contribution in [3.8, 4) is 11.7 Å². The molecule has 1 aromatic carbocycles. The van der Waals surface area contributed by atoms with Crippen LogP contribution in [0, 0.1) is 12.7 Å². The van der Waals surface area contributed by atoms with Gasteiger partial charge in [-0.1, -0.05) is 0 Å². The van der Waals surface area contributed by atoms with Crippen LogP contribution in [0.15, 0.2) is 50.4 Å². The van der Waals surface area contributed by atoms with E-state index in [4.69, 9.17) is 8.94 Å². The van der Waals surface area contributed by atoms with E-state index in [1.807, 2.05) is 0 Å². The minimum atomic E-state index is -4.02. The molecule has 0 aliphatic carbocycles. The van der Waals surface area contributed by atoms with Crippen molar-refractivity contribution < 1.29 is 21.7 Å². The second kappa shape index (κ2) is 5.26. The molecule has 0 spiro atoms. The van der Waals surface area contributed by atoms with E-state index >= 15 is 0 Å². The number of aromatic nitrogens is 2. The minimum absolute atomic E-state index is 0.0260. The summed E-state index contributed by atoms with van der Waals surface area (Å²) in [7, 11) is -4.02. The molecular formula is C13H10FN3O4S. The predicted molar refractivity (Wildman–Crippen MR) is 73.9 cm³/mol. The van der Waals surface area contributed by atoms with E-state index in [0.717, 1.165) is 6.07 Å². The van der Waals surface area contributed by atoms with Crippen LogP contribution in [0.25, 0.3) is 11.7 Å². The highest BCUT2D eigenvalue weighted by molar-refractivity contribution is 7.92. The SMILES string of the molecule is Cc1cc(F)cc(S(=O)(=O)Nc2noc(-c3ccco3)n2)c1. The van der Waals surface area contributed by atoms with Crippen LogP contribution in [0.1, 0.15) is 5.56 Å². The van der Waals surface area contributed by atoms with Gasteiger partial charge < -0.3 is 8.94 Å². The summed E-state index contributed by atoms with van der Waals surface area (Å²) < 4.78 is 49.7. The first-order valence-electron chi connectivity index (χ1n) is 6.12. The maximum absolute atomic E-state index is 13.3. The molecule has 2 heterocycles. The first kappa shape index (κ1) is 14.3. The Hall–Kier alpha value is -2.68. The largest absolute Gasteiger partial charge is 0.459 e. The summed E-state index contributed by atoms with van der Waals surface area (Å²) in [4.78, 5) is 3.63. The average molecular weight is 323 g/mol. The van der Waals surface area contributed by atoms with Crippen LogP contribution in [0.5, 0.6) is 0 Å². The molecule has 22 heavy (non-hydrogen) atoms. The third-order valence-electron chi connectivity index (χ3n) is 2.71. The third kappa shape index (κ3) is 2.84. The minimum Gasteiger partial charge on any atom is -0.459 e. The zero-order valence-electron chi connectivity index (χ0n) is 11.3. The smallest absolute Gasteiger partial charge is 0.295 e. The summed E-state index contributed by atoms with van der Waals surface area (Å²) in [6.07, 6.45) is 1.42. The molecule has 0 bridgehead atoms. The summed E-state index contributed by atoms with van der Waals surface area (Å²) in [5.74, 6) is -0.587. The molecule has 0 fully saturated rings. The fourth-order valence-electron chi connectivity index (χ4n) is 1.80. The van der Waals surface area contributed by atoms with E-state index in [1.54, 1.807) is 19.1 Å². The molecule has 0 aliphatic heterocycles. The van der Waals surface area contributed by atoms with E-state index < -0.39 is 15.8 Å². The Bertz CT molecular complexity index is 883. The van der Waals surface area contributed by atoms with E-state index in [-0.39, 0.29) is 16.7 Å². The topological polar surface area (TPSA) is 98.2 Å². The van der Waals surface area contributed by atoms with Gasteiger partial charge in [0.05, 0.1) is 11.2 Å². The summed E-state index contributed by atoms with van der Waals surface area (Å²) in [5, 5.41) is 3.50. The first-order chi connectivity index (χ1) is 10.4. The summed E-state index contributed by atoms with van der Waals surface area (Å²) in [6, 6.07) is 6.67. The predicted octanol–water partition coefficient (Wildman–Crippen LogP) is 2.58. The Labute approximate surface area is 124 Å². The van der Waals surface area contributed by atoms with Gasteiger partial charge in [0.25, 0.3) is 21.9 Å². The molecule has 0 saturated carbocycles. The highest BCUT2D eigenvalue weighted by atomic mass is 32.2.